The van der Waals surface area contributed by atoms with E-state index >= 15 is 0 Å². The van der Waals surface area contributed by atoms with Crippen LogP contribution >= 0.6 is 0 Å². The van der Waals surface area contributed by atoms with Crippen molar-refractivity contribution in [3.8, 4) is 0 Å². The maximum Gasteiger partial charge on any atom is 0.111 e. The third kappa shape index (κ3) is 2.58. The van der Waals surface area contributed by atoms with E-state index in [1.807, 2.05) is 6.07 Å². The zero-order valence-corrected chi connectivity index (χ0v) is 11.6. The Bertz CT molecular complexity index is 701. The summed E-state index contributed by atoms with van der Waals surface area (Å²) in [7, 11) is 0. The lowest BCUT2D eigenvalue weighted by atomic mass is 10.0. The molecule has 3 heteroatoms. The molecule has 0 fully saturated rings. The van der Waals surface area contributed by atoms with Crippen molar-refractivity contribution in [3.05, 3.63) is 65.5 Å². The van der Waals surface area contributed by atoms with Gasteiger partial charge in [0.05, 0.1) is 11.0 Å². The molecular weight excluding hydrogens is 246 g/mol. The largest absolute Gasteiger partial charge is 0.342 e. The van der Waals surface area contributed by atoms with Gasteiger partial charge in [0.2, 0.25) is 0 Å². The lowest BCUT2D eigenvalue weighted by molar-refractivity contribution is 0.775. The third-order valence-corrected chi connectivity index (χ3v) is 3.69. The Morgan fingerprint density at radius 3 is 2.70 bits per heavy atom. The van der Waals surface area contributed by atoms with Gasteiger partial charge in [0.1, 0.15) is 5.82 Å². The Kier molecular flexibility index (Phi) is 3.52. The molecule has 0 saturated carbocycles. The van der Waals surface area contributed by atoms with E-state index in [0.29, 0.717) is 12.5 Å². The molecule has 0 aliphatic carbocycles. The van der Waals surface area contributed by atoms with Crippen LogP contribution in [0.2, 0.25) is 0 Å². The van der Waals surface area contributed by atoms with Crippen LogP contribution in [0.15, 0.2) is 48.5 Å². The zero-order valence-electron chi connectivity index (χ0n) is 11.6. The van der Waals surface area contributed by atoms with Gasteiger partial charge in [-0.2, -0.15) is 0 Å². The summed E-state index contributed by atoms with van der Waals surface area (Å²) < 4.78 is 0. The van der Waals surface area contributed by atoms with E-state index in [9.17, 15) is 0 Å². The van der Waals surface area contributed by atoms with E-state index in [4.69, 9.17) is 5.73 Å². The highest BCUT2D eigenvalue weighted by Gasteiger charge is 2.07. The number of hydrogen-bond donors (Lipinski definition) is 2. The minimum absolute atomic E-state index is 0.375. The van der Waals surface area contributed by atoms with E-state index in [2.05, 4.69) is 59.4 Å². The SMILES string of the molecule is CC(CN)c1ccc2nc(Cc3ccccc3)[nH]c2c1. The minimum Gasteiger partial charge on any atom is -0.342 e. The molecule has 1 unspecified atom stereocenters. The number of nitrogens with zero attached hydrogens (tertiary/aromatic N) is 1. The number of aromatic amines is 1. The van der Waals surface area contributed by atoms with Crippen LogP contribution in [0.4, 0.5) is 0 Å². The Morgan fingerprint density at radius 2 is 1.95 bits per heavy atom. The summed E-state index contributed by atoms with van der Waals surface area (Å²) in [6.45, 7) is 2.80. The van der Waals surface area contributed by atoms with Gasteiger partial charge >= 0.3 is 0 Å². The Balaban J connectivity index is 1.90. The number of benzene rings is 2. The fourth-order valence-corrected chi connectivity index (χ4v) is 2.40. The molecule has 20 heavy (non-hydrogen) atoms. The van der Waals surface area contributed by atoms with E-state index in [1.54, 1.807) is 0 Å². The molecule has 1 atom stereocenters. The minimum atomic E-state index is 0.375. The molecule has 2 aromatic carbocycles. The van der Waals surface area contributed by atoms with Crippen molar-refractivity contribution in [1.29, 1.82) is 0 Å². The predicted octanol–water partition coefficient (Wildman–Crippen LogP) is 3.22. The maximum absolute atomic E-state index is 5.73. The van der Waals surface area contributed by atoms with Crippen LogP contribution in [-0.4, -0.2) is 16.5 Å². The average Bonchev–Trinajstić information content (AvgIpc) is 2.88. The summed E-state index contributed by atoms with van der Waals surface area (Å²) in [5.74, 6) is 1.38. The van der Waals surface area contributed by atoms with Crippen LogP contribution in [0.1, 0.15) is 29.8 Å². The van der Waals surface area contributed by atoms with Crippen molar-refractivity contribution in [1.82, 2.24) is 9.97 Å². The number of H-pyrrole nitrogens is 1. The van der Waals surface area contributed by atoms with Crippen LogP contribution < -0.4 is 5.73 Å². The number of imidazole rings is 1. The highest BCUT2D eigenvalue weighted by Crippen LogP contribution is 2.20. The summed E-state index contributed by atoms with van der Waals surface area (Å²) in [5.41, 5.74) is 10.4. The van der Waals surface area contributed by atoms with Gasteiger partial charge in [0.25, 0.3) is 0 Å². The van der Waals surface area contributed by atoms with Crippen LogP contribution in [-0.2, 0) is 6.42 Å². The molecule has 3 aromatic rings. The van der Waals surface area contributed by atoms with Crippen LogP contribution in [0.5, 0.6) is 0 Å². The van der Waals surface area contributed by atoms with Gasteiger partial charge < -0.3 is 10.7 Å². The van der Waals surface area contributed by atoms with Gasteiger partial charge in [-0.3, -0.25) is 0 Å². The molecule has 0 aliphatic heterocycles. The van der Waals surface area contributed by atoms with E-state index < -0.39 is 0 Å². The van der Waals surface area contributed by atoms with Gasteiger partial charge in [0.15, 0.2) is 0 Å². The fraction of sp³-hybridized carbons (Fsp3) is 0.235. The molecule has 0 aliphatic rings. The molecule has 0 spiro atoms. The molecule has 1 heterocycles. The lowest BCUT2D eigenvalue weighted by Crippen LogP contribution is -2.08. The summed E-state index contributed by atoms with van der Waals surface area (Å²) in [6, 6.07) is 16.7. The molecule has 0 amide bonds. The van der Waals surface area contributed by atoms with Crippen molar-refractivity contribution in [2.45, 2.75) is 19.3 Å². The summed E-state index contributed by atoms with van der Waals surface area (Å²) in [6.07, 6.45) is 0.831. The summed E-state index contributed by atoms with van der Waals surface area (Å²) >= 11 is 0. The molecule has 3 nitrogen and oxygen atoms in total. The molecule has 102 valence electrons. The number of nitrogens with two attached hydrogens (primary N) is 1. The van der Waals surface area contributed by atoms with E-state index in [-0.39, 0.29) is 0 Å². The van der Waals surface area contributed by atoms with Gasteiger partial charge in [-0.25, -0.2) is 4.98 Å². The predicted molar refractivity (Wildman–Crippen MR) is 82.8 cm³/mol. The van der Waals surface area contributed by atoms with Crippen molar-refractivity contribution in [2.24, 2.45) is 5.73 Å². The van der Waals surface area contributed by atoms with Crippen molar-refractivity contribution in [2.75, 3.05) is 6.54 Å². The first-order chi connectivity index (χ1) is 9.76. The monoisotopic (exact) mass is 265 g/mol. The van der Waals surface area contributed by atoms with Crippen LogP contribution in [0.3, 0.4) is 0 Å². The molecule has 0 saturated heterocycles. The smallest absolute Gasteiger partial charge is 0.111 e. The zero-order chi connectivity index (χ0) is 13.9. The van der Waals surface area contributed by atoms with Gasteiger partial charge in [-0.15, -0.1) is 0 Å². The Hall–Kier alpha value is -2.13. The summed E-state index contributed by atoms with van der Waals surface area (Å²) in [5, 5.41) is 0. The average molecular weight is 265 g/mol. The topological polar surface area (TPSA) is 54.7 Å². The standard InChI is InChI=1S/C17H19N3/c1-12(11-18)14-7-8-15-16(10-14)20-17(19-15)9-13-5-3-2-4-6-13/h2-8,10,12H,9,11,18H2,1H3,(H,19,20). The molecule has 3 N–H and O–H groups in total. The van der Waals surface area contributed by atoms with Gasteiger partial charge in [0, 0.05) is 6.42 Å². The maximum atomic E-state index is 5.73. The number of hydrogen-bond acceptors (Lipinski definition) is 2. The lowest BCUT2D eigenvalue weighted by Gasteiger charge is -2.07. The Labute approximate surface area is 118 Å². The highest BCUT2D eigenvalue weighted by molar-refractivity contribution is 5.76. The van der Waals surface area contributed by atoms with Crippen molar-refractivity contribution >= 4 is 11.0 Å². The highest BCUT2D eigenvalue weighted by atomic mass is 14.9. The molecule has 1 aromatic heterocycles. The second kappa shape index (κ2) is 5.47. The van der Waals surface area contributed by atoms with Crippen molar-refractivity contribution in [3.63, 3.8) is 0 Å². The molecular formula is C17H19N3. The first-order valence-corrected chi connectivity index (χ1v) is 6.99. The second-order valence-corrected chi connectivity index (χ2v) is 5.26. The number of rotatable bonds is 4. The number of aromatic nitrogens is 2. The first-order valence-electron chi connectivity index (χ1n) is 6.99. The Morgan fingerprint density at radius 1 is 1.15 bits per heavy atom. The fourth-order valence-electron chi connectivity index (χ4n) is 2.40. The third-order valence-electron chi connectivity index (χ3n) is 3.69. The second-order valence-electron chi connectivity index (χ2n) is 5.26. The van der Waals surface area contributed by atoms with Gasteiger partial charge in [-0.1, -0.05) is 43.3 Å². The first kappa shape index (κ1) is 12.9. The van der Waals surface area contributed by atoms with Gasteiger partial charge in [-0.05, 0) is 35.7 Å². The molecule has 0 bridgehead atoms. The van der Waals surface area contributed by atoms with Crippen molar-refractivity contribution < 1.29 is 0 Å². The molecule has 3 rings (SSSR count). The summed E-state index contributed by atoms with van der Waals surface area (Å²) in [4.78, 5) is 8.06. The number of nitrogens with one attached hydrogen (secondary N) is 1. The van der Waals surface area contributed by atoms with Crippen LogP contribution in [0.25, 0.3) is 11.0 Å². The quantitative estimate of drug-likeness (QED) is 0.761. The van der Waals surface area contributed by atoms with E-state index in [0.717, 1.165) is 23.3 Å². The molecule has 0 radical (unpaired) electrons. The van der Waals surface area contributed by atoms with E-state index in [1.165, 1.54) is 11.1 Å². The normalized spacial score (nSPS) is 12.7. The van der Waals surface area contributed by atoms with Crippen LogP contribution in [0, 0.1) is 0 Å². The number of fused-ring (bicyclic) bond motifs is 1.